The van der Waals surface area contributed by atoms with E-state index < -0.39 is 8.26 Å². The summed E-state index contributed by atoms with van der Waals surface area (Å²) >= 11 is 0. The Morgan fingerprint density at radius 1 is 0.684 bits per heavy atom. The number of benzene rings is 2. The van der Waals surface area contributed by atoms with Gasteiger partial charge in [-0.15, -0.1) is 0 Å². The minimum absolute atomic E-state index is 0.872. The van der Waals surface area contributed by atoms with Crippen LogP contribution in [0.1, 0.15) is 0 Å². The van der Waals surface area contributed by atoms with Crippen molar-refractivity contribution in [3.05, 3.63) is 60.7 Å². The number of hydrogen-bond acceptors (Lipinski definition) is 4. The third kappa shape index (κ3) is 9.18. The molecule has 0 atom stereocenters. The van der Waals surface area contributed by atoms with E-state index in [9.17, 15) is 0 Å². The minimum Gasteiger partial charge on any atom is -0.195 e. The van der Waals surface area contributed by atoms with Gasteiger partial charge in [-0.3, -0.25) is 0 Å². The van der Waals surface area contributed by atoms with Gasteiger partial charge in [-0.25, -0.2) is 0 Å². The van der Waals surface area contributed by atoms with Crippen molar-refractivity contribution in [3.63, 3.8) is 0 Å². The maximum atomic E-state index is 9.16. The Kier molecular flexibility index (Phi) is 6.49. The van der Waals surface area contributed by atoms with E-state index in [1.165, 1.54) is 0 Å². The second kappa shape index (κ2) is 7.89. The van der Waals surface area contributed by atoms with Gasteiger partial charge in [-0.05, 0) is 24.3 Å². The molecular weight excluding hydrogens is 307 g/mol. The molecule has 0 heterocycles. The Morgan fingerprint density at radius 3 is 1.21 bits per heavy atom. The topological polar surface area (TPSA) is 58.9 Å². The molecule has 0 amide bonds. The zero-order chi connectivity index (χ0) is 14.1. The third-order valence-electron chi connectivity index (χ3n) is 1.79. The van der Waals surface area contributed by atoms with Gasteiger partial charge >= 0.3 is 8.26 Å². The van der Waals surface area contributed by atoms with Gasteiger partial charge in [0.25, 0.3) is 0 Å². The van der Waals surface area contributed by atoms with Crippen LogP contribution in [0.4, 0.5) is 11.4 Å². The highest BCUT2D eigenvalue weighted by Gasteiger charge is 1.89. The zero-order valence-corrected chi connectivity index (χ0v) is 12.0. The van der Waals surface area contributed by atoms with Crippen LogP contribution in [0.3, 0.4) is 0 Å². The van der Waals surface area contributed by atoms with Gasteiger partial charge in [0, 0.05) is 21.4 Å². The molecule has 0 bridgehead atoms. The van der Waals surface area contributed by atoms with Crippen molar-refractivity contribution in [2.45, 2.75) is 0 Å². The van der Waals surface area contributed by atoms with Gasteiger partial charge in [0.05, 0.1) is 11.4 Å². The number of hydrogen-bond donors (Lipinski definition) is 0. The summed E-state index contributed by atoms with van der Waals surface area (Å²) in [4.78, 5) is 0. The SMILES string of the molecule is O=S(=O)(Cl)Cl.c1ccc(N=Nc2ccccc2)cc1. The van der Waals surface area contributed by atoms with Crippen LogP contribution in [-0.2, 0) is 8.26 Å². The summed E-state index contributed by atoms with van der Waals surface area (Å²) < 4.78 is 18.3. The average molecular weight is 317 g/mol. The molecule has 0 radical (unpaired) electrons. The number of nitrogens with zero attached hydrogens (tertiary/aromatic N) is 2. The van der Waals surface area contributed by atoms with E-state index in [1.54, 1.807) is 0 Å². The molecule has 0 aromatic heterocycles. The maximum Gasteiger partial charge on any atom is 0.317 e. The summed E-state index contributed by atoms with van der Waals surface area (Å²) in [6.45, 7) is 0. The highest BCUT2D eigenvalue weighted by molar-refractivity contribution is 8.31. The fraction of sp³-hybridized carbons (Fsp3) is 0. The Labute approximate surface area is 120 Å². The molecule has 2 aromatic carbocycles. The van der Waals surface area contributed by atoms with Crippen molar-refractivity contribution >= 4 is 41.0 Å². The van der Waals surface area contributed by atoms with E-state index in [0.717, 1.165) is 11.4 Å². The van der Waals surface area contributed by atoms with Crippen LogP contribution in [0.2, 0.25) is 0 Å². The van der Waals surface area contributed by atoms with Crippen molar-refractivity contribution in [2.75, 3.05) is 0 Å². The zero-order valence-electron chi connectivity index (χ0n) is 9.65. The summed E-state index contributed by atoms with van der Waals surface area (Å²) in [5.41, 5.74) is 1.74. The molecule has 2 rings (SSSR count). The standard InChI is InChI=1S/C12H10N2.Cl2O2S/c1-3-7-11(8-4-1)13-14-12-9-5-2-6-10-12;1-5(2,3)4/h1-10H;. The Hall–Kier alpha value is -1.43. The molecule has 0 fully saturated rings. The third-order valence-corrected chi connectivity index (χ3v) is 1.79. The molecule has 0 aliphatic heterocycles. The number of azo groups is 1. The van der Waals surface area contributed by atoms with Crippen molar-refractivity contribution in [1.82, 2.24) is 0 Å². The van der Waals surface area contributed by atoms with Gasteiger partial charge in [-0.2, -0.15) is 18.6 Å². The monoisotopic (exact) mass is 316 g/mol. The molecule has 2 aromatic rings. The van der Waals surface area contributed by atoms with Crippen LogP contribution in [0.5, 0.6) is 0 Å². The van der Waals surface area contributed by atoms with E-state index >= 15 is 0 Å². The van der Waals surface area contributed by atoms with Crippen LogP contribution in [-0.4, -0.2) is 8.42 Å². The van der Waals surface area contributed by atoms with E-state index in [-0.39, 0.29) is 0 Å². The van der Waals surface area contributed by atoms with Crippen LogP contribution >= 0.6 is 21.4 Å². The lowest BCUT2D eigenvalue weighted by Crippen LogP contribution is -1.63. The van der Waals surface area contributed by atoms with Crippen LogP contribution in [0, 0.1) is 0 Å². The van der Waals surface area contributed by atoms with Crippen molar-refractivity contribution in [2.24, 2.45) is 10.2 Å². The molecule has 0 spiro atoms. The molecule has 0 aliphatic rings. The van der Waals surface area contributed by atoms with Gasteiger partial charge in [0.15, 0.2) is 0 Å². The normalized spacial score (nSPS) is 10.8. The quantitative estimate of drug-likeness (QED) is 0.589. The summed E-state index contributed by atoms with van der Waals surface area (Å²) in [5.74, 6) is 0. The van der Waals surface area contributed by atoms with E-state index in [1.807, 2.05) is 60.7 Å². The summed E-state index contributed by atoms with van der Waals surface area (Å²) in [6.07, 6.45) is 0. The van der Waals surface area contributed by atoms with Gasteiger partial charge in [0.1, 0.15) is 0 Å². The maximum absolute atomic E-state index is 9.16. The van der Waals surface area contributed by atoms with Crippen molar-refractivity contribution in [3.8, 4) is 0 Å². The Bertz CT molecular complexity index is 567. The first-order valence-corrected chi connectivity index (χ1v) is 8.25. The minimum atomic E-state index is -3.72. The molecule has 0 saturated heterocycles. The van der Waals surface area contributed by atoms with Gasteiger partial charge in [-0.1, -0.05) is 36.4 Å². The van der Waals surface area contributed by atoms with Crippen molar-refractivity contribution < 1.29 is 8.42 Å². The number of rotatable bonds is 2. The smallest absolute Gasteiger partial charge is 0.195 e. The molecule has 0 N–H and O–H groups in total. The van der Waals surface area contributed by atoms with Crippen LogP contribution in [0.25, 0.3) is 0 Å². The predicted molar refractivity (Wildman–Crippen MR) is 77.7 cm³/mol. The largest absolute Gasteiger partial charge is 0.317 e. The lowest BCUT2D eigenvalue weighted by atomic mass is 10.3. The second-order valence-electron chi connectivity index (χ2n) is 3.25. The fourth-order valence-corrected chi connectivity index (χ4v) is 1.10. The molecule has 4 nitrogen and oxygen atoms in total. The molecule has 7 heteroatoms. The molecule has 100 valence electrons. The molecule has 19 heavy (non-hydrogen) atoms. The summed E-state index contributed by atoms with van der Waals surface area (Å²) in [6, 6.07) is 19.4. The molecule has 0 unspecified atom stereocenters. The Balaban J connectivity index is 0.000000312. The lowest BCUT2D eigenvalue weighted by molar-refractivity contribution is 0.621. The first-order chi connectivity index (χ1) is 8.95. The molecule has 0 saturated carbocycles. The van der Waals surface area contributed by atoms with Gasteiger partial charge in [0.2, 0.25) is 0 Å². The molecular formula is C12H10Cl2N2O2S. The highest BCUT2D eigenvalue weighted by atomic mass is 36.0. The van der Waals surface area contributed by atoms with E-state index in [0.29, 0.717) is 0 Å². The molecule has 0 aliphatic carbocycles. The summed E-state index contributed by atoms with van der Waals surface area (Å²) in [5, 5.41) is 8.20. The summed E-state index contributed by atoms with van der Waals surface area (Å²) in [7, 11) is 4.81. The van der Waals surface area contributed by atoms with E-state index in [4.69, 9.17) is 8.42 Å². The van der Waals surface area contributed by atoms with Crippen LogP contribution < -0.4 is 0 Å². The highest BCUT2D eigenvalue weighted by Crippen LogP contribution is 2.16. The van der Waals surface area contributed by atoms with E-state index in [2.05, 4.69) is 31.6 Å². The number of halogens is 2. The van der Waals surface area contributed by atoms with Crippen LogP contribution in [0.15, 0.2) is 70.9 Å². The first kappa shape index (κ1) is 15.6. The average Bonchev–Trinajstić information content (AvgIpc) is 2.37. The lowest BCUT2D eigenvalue weighted by Gasteiger charge is -1.91. The van der Waals surface area contributed by atoms with Gasteiger partial charge < -0.3 is 0 Å². The van der Waals surface area contributed by atoms with Crippen molar-refractivity contribution in [1.29, 1.82) is 0 Å². The fourth-order valence-electron chi connectivity index (χ4n) is 1.10. The first-order valence-electron chi connectivity index (χ1n) is 5.11. The second-order valence-corrected chi connectivity index (χ2v) is 6.92. The predicted octanol–water partition coefficient (Wildman–Crippen LogP) is 4.81. The Morgan fingerprint density at radius 2 is 0.947 bits per heavy atom.